The highest BCUT2D eigenvalue weighted by Gasteiger charge is 2.11. The lowest BCUT2D eigenvalue weighted by Crippen LogP contribution is -2.10. The van der Waals surface area contributed by atoms with Crippen molar-refractivity contribution >= 4 is 11.7 Å². The van der Waals surface area contributed by atoms with E-state index < -0.39 is 0 Å². The molecule has 0 unspecified atom stereocenters. The maximum absolute atomic E-state index is 11.7. The summed E-state index contributed by atoms with van der Waals surface area (Å²) in [6.45, 7) is 4.46. The lowest BCUT2D eigenvalue weighted by atomic mass is 10.1. The van der Waals surface area contributed by atoms with Crippen LogP contribution in [0.4, 0.5) is 5.69 Å². The fraction of sp³-hybridized carbons (Fsp3) is 0.462. The Labute approximate surface area is 96.6 Å². The van der Waals surface area contributed by atoms with Gasteiger partial charge in [0, 0.05) is 5.69 Å². The zero-order valence-corrected chi connectivity index (χ0v) is 9.95. The van der Waals surface area contributed by atoms with Crippen molar-refractivity contribution < 1.29 is 9.53 Å². The first-order valence-corrected chi connectivity index (χ1v) is 5.69. The Morgan fingerprint density at radius 3 is 2.81 bits per heavy atom. The summed E-state index contributed by atoms with van der Waals surface area (Å²) in [6, 6.07) is 5.39. The molecule has 0 radical (unpaired) electrons. The molecule has 3 nitrogen and oxygen atoms in total. The summed E-state index contributed by atoms with van der Waals surface area (Å²) in [6.07, 6.45) is 3.11. The molecule has 0 fully saturated rings. The standard InChI is InChI=1S/C13H19NO2/c1-3-4-5-9-16-13(15)11-8-6-7-10(2)12(11)14/h6-8H,3-5,9,14H2,1-2H3. The molecule has 88 valence electrons. The number of anilines is 1. The smallest absolute Gasteiger partial charge is 0.340 e. The molecular formula is C13H19NO2. The van der Waals surface area contributed by atoms with Crippen molar-refractivity contribution in [3.05, 3.63) is 29.3 Å². The first-order valence-electron chi connectivity index (χ1n) is 5.69. The molecule has 0 aliphatic heterocycles. The largest absolute Gasteiger partial charge is 0.462 e. The van der Waals surface area contributed by atoms with Gasteiger partial charge in [-0.2, -0.15) is 0 Å². The van der Waals surface area contributed by atoms with Crippen molar-refractivity contribution in [1.82, 2.24) is 0 Å². The second kappa shape index (κ2) is 6.16. The lowest BCUT2D eigenvalue weighted by Gasteiger charge is -2.08. The van der Waals surface area contributed by atoms with Crippen LogP contribution in [-0.4, -0.2) is 12.6 Å². The maximum Gasteiger partial charge on any atom is 0.340 e. The van der Waals surface area contributed by atoms with Crippen LogP contribution in [0.1, 0.15) is 42.1 Å². The van der Waals surface area contributed by atoms with E-state index in [2.05, 4.69) is 6.92 Å². The normalized spacial score (nSPS) is 10.1. The van der Waals surface area contributed by atoms with Gasteiger partial charge >= 0.3 is 5.97 Å². The van der Waals surface area contributed by atoms with Gasteiger partial charge < -0.3 is 10.5 Å². The minimum Gasteiger partial charge on any atom is -0.462 e. The number of aryl methyl sites for hydroxylation is 1. The molecule has 2 N–H and O–H groups in total. The third-order valence-electron chi connectivity index (χ3n) is 2.53. The molecular weight excluding hydrogens is 202 g/mol. The van der Waals surface area contributed by atoms with Crippen molar-refractivity contribution in [2.24, 2.45) is 0 Å². The molecule has 0 amide bonds. The second-order valence-corrected chi connectivity index (χ2v) is 3.88. The van der Waals surface area contributed by atoms with E-state index in [9.17, 15) is 4.79 Å². The van der Waals surface area contributed by atoms with E-state index in [4.69, 9.17) is 10.5 Å². The van der Waals surface area contributed by atoms with Crippen LogP contribution in [0.5, 0.6) is 0 Å². The number of esters is 1. The summed E-state index contributed by atoms with van der Waals surface area (Å²) < 4.78 is 5.15. The highest BCUT2D eigenvalue weighted by Crippen LogP contribution is 2.17. The Morgan fingerprint density at radius 2 is 2.12 bits per heavy atom. The number of ether oxygens (including phenoxy) is 1. The van der Waals surface area contributed by atoms with Crippen molar-refractivity contribution in [1.29, 1.82) is 0 Å². The molecule has 0 aromatic heterocycles. The van der Waals surface area contributed by atoms with Gasteiger partial charge in [0.1, 0.15) is 0 Å². The number of rotatable bonds is 5. The molecule has 0 atom stereocenters. The number of hydrogen-bond donors (Lipinski definition) is 1. The van der Waals surface area contributed by atoms with Gasteiger partial charge in [-0.25, -0.2) is 4.79 Å². The number of carbonyl (C=O) groups is 1. The average molecular weight is 221 g/mol. The minimum atomic E-state index is -0.322. The molecule has 0 heterocycles. The number of para-hydroxylation sites is 1. The first-order chi connectivity index (χ1) is 7.66. The Kier molecular flexibility index (Phi) is 4.83. The van der Waals surface area contributed by atoms with Gasteiger partial charge in [-0.05, 0) is 25.0 Å². The third kappa shape index (κ3) is 3.26. The highest BCUT2D eigenvalue weighted by atomic mass is 16.5. The van der Waals surface area contributed by atoms with Crippen molar-refractivity contribution in [3.8, 4) is 0 Å². The van der Waals surface area contributed by atoms with Gasteiger partial charge in [0.2, 0.25) is 0 Å². The molecule has 0 bridgehead atoms. The topological polar surface area (TPSA) is 52.3 Å². The van der Waals surface area contributed by atoms with Crippen LogP contribution in [0.3, 0.4) is 0 Å². The number of hydrogen-bond acceptors (Lipinski definition) is 3. The summed E-state index contributed by atoms with van der Waals surface area (Å²) in [5.74, 6) is -0.322. The quantitative estimate of drug-likeness (QED) is 0.472. The van der Waals surface area contributed by atoms with Crippen LogP contribution < -0.4 is 5.73 Å². The predicted molar refractivity (Wildman–Crippen MR) is 65.4 cm³/mol. The Morgan fingerprint density at radius 1 is 1.38 bits per heavy atom. The van der Waals surface area contributed by atoms with Crippen LogP contribution >= 0.6 is 0 Å². The molecule has 0 aliphatic rings. The van der Waals surface area contributed by atoms with Gasteiger partial charge in [0.15, 0.2) is 0 Å². The van der Waals surface area contributed by atoms with E-state index in [1.54, 1.807) is 6.07 Å². The molecule has 0 saturated carbocycles. The fourth-order valence-corrected chi connectivity index (χ4v) is 1.45. The summed E-state index contributed by atoms with van der Waals surface area (Å²) in [5.41, 5.74) is 7.70. The van der Waals surface area contributed by atoms with E-state index in [1.165, 1.54) is 0 Å². The van der Waals surface area contributed by atoms with Crippen LogP contribution in [0, 0.1) is 6.92 Å². The number of benzene rings is 1. The zero-order valence-electron chi connectivity index (χ0n) is 9.95. The molecule has 1 rings (SSSR count). The maximum atomic E-state index is 11.7. The van der Waals surface area contributed by atoms with Crippen LogP contribution in [-0.2, 0) is 4.74 Å². The molecule has 16 heavy (non-hydrogen) atoms. The van der Waals surface area contributed by atoms with E-state index in [1.807, 2.05) is 19.1 Å². The van der Waals surface area contributed by atoms with Crippen molar-refractivity contribution in [2.45, 2.75) is 33.1 Å². The average Bonchev–Trinajstić information content (AvgIpc) is 2.28. The molecule has 1 aromatic rings. The lowest BCUT2D eigenvalue weighted by molar-refractivity contribution is 0.0499. The zero-order chi connectivity index (χ0) is 12.0. The molecule has 1 aromatic carbocycles. The third-order valence-corrected chi connectivity index (χ3v) is 2.53. The summed E-state index contributed by atoms with van der Waals surface area (Å²) >= 11 is 0. The number of carbonyl (C=O) groups excluding carboxylic acids is 1. The minimum absolute atomic E-state index is 0.322. The number of nitrogen functional groups attached to an aromatic ring is 1. The van der Waals surface area contributed by atoms with Gasteiger partial charge in [0.25, 0.3) is 0 Å². The molecule has 3 heteroatoms. The van der Waals surface area contributed by atoms with E-state index in [-0.39, 0.29) is 5.97 Å². The van der Waals surface area contributed by atoms with Gasteiger partial charge in [-0.3, -0.25) is 0 Å². The Bertz CT molecular complexity index is 361. The SMILES string of the molecule is CCCCCOC(=O)c1cccc(C)c1N. The molecule has 0 aliphatic carbocycles. The fourth-order valence-electron chi connectivity index (χ4n) is 1.45. The summed E-state index contributed by atoms with van der Waals surface area (Å²) in [5, 5.41) is 0. The number of unbranched alkanes of at least 4 members (excludes halogenated alkanes) is 2. The number of nitrogens with two attached hydrogens (primary N) is 1. The van der Waals surface area contributed by atoms with E-state index >= 15 is 0 Å². The molecule has 0 spiro atoms. The van der Waals surface area contributed by atoms with Crippen molar-refractivity contribution in [2.75, 3.05) is 12.3 Å². The van der Waals surface area contributed by atoms with Crippen molar-refractivity contribution in [3.63, 3.8) is 0 Å². The Balaban J connectivity index is 2.56. The monoisotopic (exact) mass is 221 g/mol. The van der Waals surface area contributed by atoms with Gasteiger partial charge in [0.05, 0.1) is 12.2 Å². The summed E-state index contributed by atoms with van der Waals surface area (Å²) in [7, 11) is 0. The van der Waals surface area contributed by atoms with Crippen LogP contribution in [0.15, 0.2) is 18.2 Å². The predicted octanol–water partition coefficient (Wildman–Crippen LogP) is 2.92. The summed E-state index contributed by atoms with van der Waals surface area (Å²) in [4.78, 5) is 11.7. The van der Waals surface area contributed by atoms with Gasteiger partial charge in [-0.15, -0.1) is 0 Å². The second-order valence-electron chi connectivity index (χ2n) is 3.88. The van der Waals surface area contributed by atoms with Crippen LogP contribution in [0.25, 0.3) is 0 Å². The van der Waals surface area contributed by atoms with Gasteiger partial charge in [-0.1, -0.05) is 31.9 Å². The van der Waals surface area contributed by atoms with E-state index in [0.717, 1.165) is 24.8 Å². The first kappa shape index (κ1) is 12.6. The van der Waals surface area contributed by atoms with Crippen LogP contribution in [0.2, 0.25) is 0 Å². The molecule has 0 saturated heterocycles. The highest BCUT2D eigenvalue weighted by molar-refractivity contribution is 5.95. The van der Waals surface area contributed by atoms with E-state index in [0.29, 0.717) is 17.9 Å². The Hall–Kier alpha value is -1.51.